The molecule has 268 valence electrons. The van der Waals surface area contributed by atoms with E-state index in [2.05, 4.69) is 161 Å². The molecule has 0 radical (unpaired) electrons. The molecule has 0 aliphatic rings. The van der Waals surface area contributed by atoms with E-state index in [0.717, 1.165) is 29.6 Å². The standard InChI is InChI=1S/C7H16.C6H14.C6H12.C6H10.C5H12.C5H10.C5H8.C4H10/c1-4-5-6-7(2)3;3*1-4-5-6(2)3;3*1-4-5(2)3;1-4(2)3/h7H,4-6H2,1-3H3;6H,4-5H2,1-3H3;4-6H,1-3H3;6H,1-3H3;5H,4H2,1-3H3;4-5H,1H2,2-3H3;1,5H,2-3H3;4H,1-3H3/b;;5-4+;;;;;. The molecular formula is C44H92. The van der Waals surface area contributed by atoms with Gasteiger partial charge in [-0.05, 0) is 49.4 Å². The van der Waals surface area contributed by atoms with Crippen LogP contribution in [-0.4, -0.2) is 0 Å². The van der Waals surface area contributed by atoms with Crippen LogP contribution in [0, 0.1) is 71.5 Å². The lowest BCUT2D eigenvalue weighted by Gasteiger charge is -1.98. The first-order chi connectivity index (χ1) is 20.1. The molecule has 0 aliphatic heterocycles. The van der Waals surface area contributed by atoms with Gasteiger partial charge in [0.2, 0.25) is 0 Å². The predicted molar refractivity (Wildman–Crippen MR) is 216 cm³/mol. The molecule has 0 heteroatoms. The molecule has 0 saturated carbocycles. The zero-order valence-corrected chi connectivity index (χ0v) is 35.4. The van der Waals surface area contributed by atoms with Crippen LogP contribution in [0.5, 0.6) is 0 Å². The van der Waals surface area contributed by atoms with E-state index >= 15 is 0 Å². The quantitative estimate of drug-likeness (QED) is 0.187. The number of rotatable bonds is 8. The second kappa shape index (κ2) is 57.3. The summed E-state index contributed by atoms with van der Waals surface area (Å²) < 4.78 is 0. The third-order valence-electron chi connectivity index (χ3n) is 4.63. The Balaban J connectivity index is -0.0000000564. The Kier molecular flexibility index (Phi) is 80.2. The number of unbranched alkanes of at least 4 members (excludes halogenated alkanes) is 1. The van der Waals surface area contributed by atoms with Crippen LogP contribution in [0.15, 0.2) is 24.8 Å². The van der Waals surface area contributed by atoms with E-state index in [1.54, 1.807) is 0 Å². The smallest absolute Gasteiger partial charge is 0.0146 e. The first-order valence-electron chi connectivity index (χ1n) is 18.3. The summed E-state index contributed by atoms with van der Waals surface area (Å²) in [4.78, 5) is 0. The fraction of sp³-hybridized carbons (Fsp3) is 0.818. The van der Waals surface area contributed by atoms with Gasteiger partial charge in [0.1, 0.15) is 0 Å². The maximum Gasteiger partial charge on any atom is 0.0146 e. The van der Waals surface area contributed by atoms with Crippen molar-refractivity contribution >= 4 is 0 Å². The summed E-state index contributed by atoms with van der Waals surface area (Å²) in [5.74, 6) is 14.1. The van der Waals surface area contributed by atoms with Crippen LogP contribution in [0.3, 0.4) is 0 Å². The van der Waals surface area contributed by atoms with Crippen molar-refractivity contribution in [3.05, 3.63) is 24.8 Å². The maximum absolute atomic E-state index is 4.92. The average Bonchev–Trinajstić information content (AvgIpc) is 2.89. The fourth-order valence-electron chi connectivity index (χ4n) is 1.86. The lowest BCUT2D eigenvalue weighted by Crippen LogP contribution is -1.83. The third kappa shape index (κ3) is 206. The largest absolute Gasteiger partial charge is 0.120 e. The molecule has 0 aliphatic carbocycles. The van der Waals surface area contributed by atoms with E-state index in [-0.39, 0.29) is 0 Å². The lowest BCUT2D eigenvalue weighted by molar-refractivity contribution is 0.550. The van der Waals surface area contributed by atoms with Gasteiger partial charge in [-0.1, -0.05) is 195 Å². The van der Waals surface area contributed by atoms with Crippen LogP contribution >= 0.6 is 0 Å². The van der Waals surface area contributed by atoms with Gasteiger partial charge < -0.3 is 0 Å². The fourth-order valence-corrected chi connectivity index (χ4v) is 1.86. The minimum Gasteiger partial charge on any atom is -0.120 e. The lowest BCUT2D eigenvalue weighted by atomic mass is 10.1. The SMILES string of the molecule is C#CC(C)C.C/C=C/C(C)C.C=CC(C)C.CC#CC(C)C.CC(C)C.CCC(C)C.CCCC(C)C.CCCCC(C)C. The molecule has 0 nitrogen and oxygen atoms in total. The topological polar surface area (TPSA) is 0 Å². The average molecular weight is 621 g/mol. The molecule has 0 aromatic carbocycles. The Morgan fingerprint density at radius 2 is 0.955 bits per heavy atom. The molecule has 0 aromatic heterocycles. The van der Waals surface area contributed by atoms with E-state index in [9.17, 15) is 0 Å². The Hall–Kier alpha value is -1.40. The van der Waals surface area contributed by atoms with Crippen LogP contribution in [0.25, 0.3) is 0 Å². The highest BCUT2D eigenvalue weighted by Gasteiger charge is 1.89. The number of terminal acetylenes is 1. The molecule has 0 rings (SSSR count). The van der Waals surface area contributed by atoms with Crippen molar-refractivity contribution in [3.8, 4) is 24.2 Å². The molecule has 0 aromatic rings. The summed E-state index contributed by atoms with van der Waals surface area (Å²) in [6.07, 6.45) is 19.2. The van der Waals surface area contributed by atoms with Gasteiger partial charge in [0.05, 0.1) is 0 Å². The molecule has 0 atom stereocenters. The van der Waals surface area contributed by atoms with Gasteiger partial charge in [-0.2, -0.15) is 0 Å². The summed E-state index contributed by atoms with van der Waals surface area (Å²) in [6.45, 7) is 50.8. The summed E-state index contributed by atoms with van der Waals surface area (Å²) in [5.41, 5.74) is 0. The van der Waals surface area contributed by atoms with Crippen molar-refractivity contribution in [2.24, 2.45) is 47.3 Å². The Morgan fingerprint density at radius 3 is 0.977 bits per heavy atom. The van der Waals surface area contributed by atoms with E-state index in [0.29, 0.717) is 17.8 Å². The van der Waals surface area contributed by atoms with Crippen molar-refractivity contribution in [1.82, 2.24) is 0 Å². The van der Waals surface area contributed by atoms with Gasteiger partial charge in [-0.15, -0.1) is 30.8 Å². The first kappa shape index (κ1) is 61.6. The second-order valence-corrected chi connectivity index (χ2v) is 14.4. The molecule has 44 heavy (non-hydrogen) atoms. The van der Waals surface area contributed by atoms with Crippen LogP contribution in [0.2, 0.25) is 0 Å². The van der Waals surface area contributed by atoms with Crippen molar-refractivity contribution in [2.75, 3.05) is 0 Å². The molecule has 0 spiro atoms. The molecule has 0 N–H and O–H groups in total. The zero-order chi connectivity index (χ0) is 37.1. The molecule has 0 amide bonds. The van der Waals surface area contributed by atoms with Gasteiger partial charge in [-0.25, -0.2) is 0 Å². The Labute approximate surface area is 286 Å². The van der Waals surface area contributed by atoms with Crippen LogP contribution < -0.4 is 0 Å². The predicted octanol–water partition coefficient (Wildman–Crippen LogP) is 16.0. The summed E-state index contributed by atoms with van der Waals surface area (Å²) >= 11 is 0. The van der Waals surface area contributed by atoms with E-state index in [1.807, 2.05) is 33.8 Å². The maximum atomic E-state index is 4.92. The van der Waals surface area contributed by atoms with Crippen LogP contribution in [-0.2, 0) is 0 Å². The molecular weight excluding hydrogens is 528 g/mol. The van der Waals surface area contributed by atoms with Gasteiger partial charge >= 0.3 is 0 Å². The number of hydrogen-bond acceptors (Lipinski definition) is 0. The highest BCUT2D eigenvalue weighted by molar-refractivity contribution is 4.97. The summed E-state index contributed by atoms with van der Waals surface area (Å²) in [5, 5.41) is 0. The van der Waals surface area contributed by atoms with Crippen molar-refractivity contribution in [2.45, 2.75) is 191 Å². The van der Waals surface area contributed by atoms with Gasteiger partial charge in [0, 0.05) is 11.8 Å². The molecule has 0 fully saturated rings. The van der Waals surface area contributed by atoms with Crippen molar-refractivity contribution < 1.29 is 0 Å². The highest BCUT2D eigenvalue weighted by Crippen LogP contribution is 2.04. The normalized spacial score (nSPS) is 9.30. The summed E-state index contributed by atoms with van der Waals surface area (Å²) in [6, 6.07) is 0. The minimum absolute atomic E-state index is 0.412. The molecule has 0 heterocycles. The Morgan fingerprint density at radius 1 is 0.614 bits per heavy atom. The Bertz CT molecular complexity index is 559. The second-order valence-electron chi connectivity index (χ2n) is 14.4. The highest BCUT2D eigenvalue weighted by atomic mass is 13.9. The van der Waals surface area contributed by atoms with Crippen LogP contribution in [0.4, 0.5) is 0 Å². The van der Waals surface area contributed by atoms with Gasteiger partial charge in [0.15, 0.2) is 0 Å². The van der Waals surface area contributed by atoms with E-state index in [1.165, 1.54) is 38.5 Å². The van der Waals surface area contributed by atoms with E-state index in [4.69, 9.17) is 6.42 Å². The van der Waals surface area contributed by atoms with Gasteiger partial charge in [0.25, 0.3) is 0 Å². The molecule has 0 bridgehead atoms. The number of allylic oxidation sites excluding steroid dienone is 3. The molecule has 0 saturated heterocycles. The summed E-state index contributed by atoms with van der Waals surface area (Å²) in [7, 11) is 0. The van der Waals surface area contributed by atoms with Crippen molar-refractivity contribution in [3.63, 3.8) is 0 Å². The zero-order valence-electron chi connectivity index (χ0n) is 35.4. The monoisotopic (exact) mass is 621 g/mol. The van der Waals surface area contributed by atoms with Gasteiger partial charge in [-0.3, -0.25) is 0 Å². The third-order valence-corrected chi connectivity index (χ3v) is 4.63. The van der Waals surface area contributed by atoms with E-state index < -0.39 is 0 Å². The van der Waals surface area contributed by atoms with Crippen LogP contribution in [0.1, 0.15) is 191 Å². The first-order valence-corrected chi connectivity index (χ1v) is 18.3. The van der Waals surface area contributed by atoms with Crippen molar-refractivity contribution in [1.29, 1.82) is 0 Å². The minimum atomic E-state index is 0.412. The molecule has 0 unspecified atom stereocenters. The number of hydrogen-bond donors (Lipinski definition) is 0.